The molecule has 2 heteroatoms. The van der Waals surface area contributed by atoms with Crippen LogP contribution in [-0.4, -0.2) is 19.3 Å². The van der Waals surface area contributed by atoms with Crippen molar-refractivity contribution >= 4 is 0 Å². The van der Waals surface area contributed by atoms with E-state index >= 15 is 0 Å². The molecule has 0 amide bonds. The molecule has 1 fully saturated rings. The van der Waals surface area contributed by atoms with Gasteiger partial charge >= 0.3 is 0 Å². The van der Waals surface area contributed by atoms with E-state index in [1.807, 2.05) is 0 Å². The summed E-state index contributed by atoms with van der Waals surface area (Å²) in [5.74, 6) is 0. The summed E-state index contributed by atoms with van der Waals surface area (Å²) in [6.45, 7) is 1.72. The average molecular weight is 105 g/mol. The van der Waals surface area contributed by atoms with E-state index in [1.54, 1.807) is 0 Å². The van der Waals surface area contributed by atoms with E-state index in [9.17, 15) is 4.39 Å². The second-order valence-electron chi connectivity index (χ2n) is 1.92. The van der Waals surface area contributed by atoms with Gasteiger partial charge in [0.15, 0.2) is 0 Å². The summed E-state index contributed by atoms with van der Waals surface area (Å²) < 4.78 is 12.1. The number of hydrogen-bond acceptors (Lipinski definition) is 1. The maximum absolute atomic E-state index is 12.1. The topological polar surface area (TPSA) is 12.0 Å². The van der Waals surface area contributed by atoms with Gasteiger partial charge in [-0.15, -0.1) is 0 Å². The van der Waals surface area contributed by atoms with Crippen molar-refractivity contribution in [3.8, 4) is 0 Å². The Morgan fingerprint density at radius 3 is 2.29 bits per heavy atom. The summed E-state index contributed by atoms with van der Waals surface area (Å²) in [6.07, 6.45) is 0.890. The normalized spacial score (nSPS) is 25.3. The molecule has 0 aromatic heterocycles. The first kappa shape index (κ1) is 5.04. The van der Waals surface area contributed by atoms with Crippen molar-refractivity contribution in [2.45, 2.75) is 19.0 Å². The summed E-state index contributed by atoms with van der Waals surface area (Å²) in [4.78, 5) is 0. The van der Waals surface area contributed by atoms with Crippen molar-refractivity contribution < 1.29 is 5.82 Å². The van der Waals surface area contributed by atoms with Crippen LogP contribution in [0.1, 0.15) is 14.3 Å². The Bertz CT molecular complexity index is 54.4. The molecule has 0 radical (unpaired) electrons. The summed E-state index contributed by atoms with van der Waals surface area (Å²) in [5.41, 5.74) is 0. The molecular weight excluding hydrogens is 93.1 g/mol. The highest BCUT2D eigenvalue weighted by Crippen LogP contribution is 2.04. The maximum Gasteiger partial charge on any atom is 0.103 e. The van der Waals surface area contributed by atoms with Gasteiger partial charge in [0.25, 0.3) is 0 Å². The minimum absolute atomic E-state index is 0. The molecule has 1 aliphatic rings. The monoisotopic (exact) mass is 105 g/mol. The molecule has 1 N–H and O–H groups in total. The van der Waals surface area contributed by atoms with Crippen LogP contribution in [0.4, 0.5) is 4.39 Å². The van der Waals surface area contributed by atoms with Crippen LogP contribution in [0.25, 0.3) is 0 Å². The molecule has 1 heterocycles. The zero-order valence-corrected chi connectivity index (χ0v) is 4.28. The second kappa shape index (κ2) is 2.26. The van der Waals surface area contributed by atoms with Crippen LogP contribution in [0, 0.1) is 0 Å². The largest absolute Gasteiger partial charge is 0.317 e. The number of piperidine rings is 1. The Morgan fingerprint density at radius 1 is 1.43 bits per heavy atom. The Balaban J connectivity index is 0.000000490. The Labute approximate surface area is 44.4 Å². The van der Waals surface area contributed by atoms with E-state index < -0.39 is 6.17 Å². The van der Waals surface area contributed by atoms with Crippen LogP contribution in [0.2, 0.25) is 0 Å². The molecule has 0 spiro atoms. The van der Waals surface area contributed by atoms with Gasteiger partial charge in [-0.1, -0.05) is 0 Å². The number of halogens is 1. The molecule has 0 atom stereocenters. The van der Waals surface area contributed by atoms with Crippen LogP contribution in [0.3, 0.4) is 0 Å². The number of alkyl halides is 1. The highest BCUT2D eigenvalue weighted by Gasteiger charge is 2.09. The van der Waals surface area contributed by atoms with Crippen molar-refractivity contribution in [2.75, 3.05) is 13.1 Å². The van der Waals surface area contributed by atoms with Gasteiger partial charge in [0.1, 0.15) is 6.17 Å². The van der Waals surface area contributed by atoms with E-state index in [-0.39, 0.29) is 1.43 Å². The third-order valence-electron chi connectivity index (χ3n) is 1.27. The summed E-state index contributed by atoms with van der Waals surface area (Å²) in [7, 11) is 0. The van der Waals surface area contributed by atoms with Gasteiger partial charge in [-0.2, -0.15) is 0 Å². The smallest absolute Gasteiger partial charge is 0.103 e. The lowest BCUT2D eigenvalue weighted by Gasteiger charge is -2.14. The summed E-state index contributed by atoms with van der Waals surface area (Å²) in [5, 5.41) is 3.08. The van der Waals surface area contributed by atoms with Gasteiger partial charge in [-0.3, -0.25) is 0 Å². The first-order chi connectivity index (χ1) is 3.39. The van der Waals surface area contributed by atoms with Gasteiger partial charge in [0.2, 0.25) is 0 Å². The van der Waals surface area contributed by atoms with Crippen molar-refractivity contribution in [1.82, 2.24) is 5.32 Å². The van der Waals surface area contributed by atoms with Gasteiger partial charge in [-0.05, 0) is 25.9 Å². The molecule has 1 saturated heterocycles. The predicted molar refractivity (Wildman–Crippen MR) is 29.1 cm³/mol. The van der Waals surface area contributed by atoms with Gasteiger partial charge in [0, 0.05) is 1.43 Å². The van der Waals surface area contributed by atoms with Crippen LogP contribution in [0.15, 0.2) is 0 Å². The van der Waals surface area contributed by atoms with E-state index in [1.165, 1.54) is 0 Å². The minimum Gasteiger partial charge on any atom is -0.317 e. The molecule has 1 aliphatic heterocycles. The molecule has 7 heavy (non-hydrogen) atoms. The third kappa shape index (κ3) is 1.43. The lowest BCUT2D eigenvalue weighted by molar-refractivity contribution is 0.262. The average Bonchev–Trinajstić information content (AvgIpc) is 1.69. The number of hydrogen-bond donors (Lipinski definition) is 1. The van der Waals surface area contributed by atoms with E-state index in [0.717, 1.165) is 13.1 Å². The molecule has 0 unspecified atom stereocenters. The fourth-order valence-corrected chi connectivity index (χ4v) is 0.787. The van der Waals surface area contributed by atoms with Gasteiger partial charge in [0.05, 0.1) is 0 Å². The highest BCUT2D eigenvalue weighted by molar-refractivity contribution is 4.65. The van der Waals surface area contributed by atoms with Crippen molar-refractivity contribution in [1.29, 1.82) is 0 Å². The van der Waals surface area contributed by atoms with Crippen molar-refractivity contribution in [2.24, 2.45) is 0 Å². The van der Waals surface area contributed by atoms with Crippen LogP contribution < -0.4 is 5.32 Å². The van der Waals surface area contributed by atoms with Crippen LogP contribution in [0.5, 0.6) is 0 Å². The van der Waals surface area contributed by atoms with Crippen LogP contribution in [-0.2, 0) is 0 Å². The lowest BCUT2D eigenvalue weighted by Crippen LogP contribution is -2.28. The SMILES string of the molecule is FC1CCNCC1.[HH]. The molecule has 44 valence electrons. The minimum atomic E-state index is -0.527. The lowest BCUT2D eigenvalue weighted by atomic mass is 10.1. The second-order valence-corrected chi connectivity index (χ2v) is 1.92. The van der Waals surface area contributed by atoms with Crippen molar-refractivity contribution in [3.05, 3.63) is 0 Å². The molecule has 1 nitrogen and oxygen atoms in total. The molecule has 0 aromatic carbocycles. The molecule has 0 saturated carbocycles. The predicted octanol–water partition coefficient (Wildman–Crippen LogP) is 0.954. The Morgan fingerprint density at radius 2 is 2.00 bits per heavy atom. The standard InChI is InChI=1S/C5H10FN.H2/c6-5-1-3-7-4-2-5;/h5,7H,1-4H2;1H. The summed E-state index contributed by atoms with van der Waals surface area (Å²) in [6, 6.07) is 0. The quantitative estimate of drug-likeness (QED) is 0.483. The number of rotatable bonds is 0. The third-order valence-corrected chi connectivity index (χ3v) is 1.27. The van der Waals surface area contributed by atoms with Gasteiger partial charge < -0.3 is 5.32 Å². The Hall–Kier alpha value is -0.110. The molecular formula is C5H12FN. The zero-order chi connectivity index (χ0) is 5.11. The van der Waals surface area contributed by atoms with Gasteiger partial charge in [-0.25, -0.2) is 4.39 Å². The fourth-order valence-electron chi connectivity index (χ4n) is 0.787. The van der Waals surface area contributed by atoms with Crippen molar-refractivity contribution in [3.63, 3.8) is 0 Å². The molecule has 0 aromatic rings. The molecule has 1 rings (SSSR count). The maximum atomic E-state index is 12.1. The number of nitrogens with one attached hydrogen (secondary N) is 1. The molecule has 0 bridgehead atoms. The van der Waals surface area contributed by atoms with E-state index in [2.05, 4.69) is 5.32 Å². The molecule has 0 aliphatic carbocycles. The van der Waals surface area contributed by atoms with Crippen LogP contribution >= 0.6 is 0 Å². The summed E-state index contributed by atoms with van der Waals surface area (Å²) >= 11 is 0. The van der Waals surface area contributed by atoms with E-state index in [0.29, 0.717) is 12.8 Å². The zero-order valence-electron chi connectivity index (χ0n) is 4.28. The Kier molecular flexibility index (Phi) is 1.63. The first-order valence-electron chi connectivity index (χ1n) is 2.74. The van der Waals surface area contributed by atoms with E-state index in [4.69, 9.17) is 0 Å². The highest BCUT2D eigenvalue weighted by atomic mass is 19.1. The fraction of sp³-hybridized carbons (Fsp3) is 1.00. The first-order valence-corrected chi connectivity index (χ1v) is 2.74.